The molecule has 0 aliphatic rings. The zero-order valence-corrected chi connectivity index (χ0v) is 21.6. The first-order chi connectivity index (χ1) is 17.7. The minimum Gasteiger partial charge on any atom is -0.326 e. The SMILES string of the molecule is C=CC(Cc1ccc(NC(=O)CCCc2ccc(NC(=O)CC(C)CC(C)C(=O)NO)cc2)cc1)NN. The van der Waals surface area contributed by atoms with Gasteiger partial charge in [-0.25, -0.2) is 5.48 Å². The molecule has 9 heteroatoms. The smallest absolute Gasteiger partial charge is 0.246 e. The average molecular weight is 510 g/mol. The van der Waals surface area contributed by atoms with Crippen LogP contribution in [0.2, 0.25) is 0 Å². The number of nitrogens with one attached hydrogen (secondary N) is 4. The van der Waals surface area contributed by atoms with E-state index in [0.29, 0.717) is 24.9 Å². The zero-order valence-electron chi connectivity index (χ0n) is 21.6. The summed E-state index contributed by atoms with van der Waals surface area (Å²) in [6.45, 7) is 7.35. The lowest BCUT2D eigenvalue weighted by atomic mass is 9.94. The highest BCUT2D eigenvalue weighted by Gasteiger charge is 2.18. The lowest BCUT2D eigenvalue weighted by molar-refractivity contribution is -0.133. The molecule has 3 atom stereocenters. The summed E-state index contributed by atoms with van der Waals surface area (Å²) in [7, 11) is 0. The molecule has 0 heterocycles. The van der Waals surface area contributed by atoms with E-state index in [1.807, 2.05) is 55.5 Å². The van der Waals surface area contributed by atoms with Crippen molar-refractivity contribution >= 4 is 29.1 Å². The van der Waals surface area contributed by atoms with E-state index in [-0.39, 0.29) is 36.1 Å². The van der Waals surface area contributed by atoms with Crippen LogP contribution in [-0.2, 0) is 27.2 Å². The molecule has 0 bridgehead atoms. The summed E-state index contributed by atoms with van der Waals surface area (Å²) in [5.41, 5.74) is 7.96. The van der Waals surface area contributed by atoms with Crippen molar-refractivity contribution < 1.29 is 19.6 Å². The maximum absolute atomic E-state index is 12.3. The second-order valence-corrected chi connectivity index (χ2v) is 9.48. The summed E-state index contributed by atoms with van der Waals surface area (Å²) in [6.07, 6.45) is 5.12. The lowest BCUT2D eigenvalue weighted by Gasteiger charge is -2.15. The molecule has 0 aliphatic carbocycles. The normalized spacial score (nSPS) is 13.2. The fourth-order valence-electron chi connectivity index (χ4n) is 4.05. The lowest BCUT2D eigenvalue weighted by Crippen LogP contribution is -2.34. The van der Waals surface area contributed by atoms with Crippen LogP contribution in [0.1, 0.15) is 50.7 Å². The minimum atomic E-state index is -0.451. The van der Waals surface area contributed by atoms with E-state index >= 15 is 0 Å². The Morgan fingerprint density at radius 2 is 1.51 bits per heavy atom. The van der Waals surface area contributed by atoms with Gasteiger partial charge in [-0.05, 0) is 67.0 Å². The van der Waals surface area contributed by atoms with Crippen LogP contribution in [0, 0.1) is 11.8 Å². The molecule has 0 saturated heterocycles. The van der Waals surface area contributed by atoms with Crippen LogP contribution < -0.4 is 27.4 Å². The molecular weight excluding hydrogens is 470 g/mol. The first-order valence-electron chi connectivity index (χ1n) is 12.5. The highest BCUT2D eigenvalue weighted by Crippen LogP contribution is 2.18. The third-order valence-electron chi connectivity index (χ3n) is 6.15. The highest BCUT2D eigenvalue weighted by molar-refractivity contribution is 5.91. The van der Waals surface area contributed by atoms with Crippen molar-refractivity contribution in [1.29, 1.82) is 0 Å². The standard InChI is InChI=1S/C28H39N5O4/c1-4-23(32-29)18-22-10-14-24(15-11-22)30-26(34)7-5-6-21-8-12-25(13-9-21)31-27(35)17-19(2)16-20(3)28(36)33-37/h4,8-15,19-20,23,32,37H,1,5-7,16-18,29H2,2-3H3,(H,30,34)(H,31,35)(H,33,36). The van der Waals surface area contributed by atoms with Crippen LogP contribution in [-0.4, -0.2) is 29.0 Å². The second kappa shape index (κ2) is 15.6. The Morgan fingerprint density at radius 3 is 2.05 bits per heavy atom. The van der Waals surface area contributed by atoms with Crippen molar-refractivity contribution in [3.8, 4) is 0 Å². The molecule has 37 heavy (non-hydrogen) atoms. The first kappa shape index (κ1) is 29.7. The van der Waals surface area contributed by atoms with Gasteiger partial charge < -0.3 is 10.6 Å². The van der Waals surface area contributed by atoms with Crippen LogP contribution in [0.3, 0.4) is 0 Å². The molecule has 200 valence electrons. The number of anilines is 2. The molecule has 0 aromatic heterocycles. The van der Waals surface area contributed by atoms with Crippen LogP contribution in [0.25, 0.3) is 0 Å². The van der Waals surface area contributed by atoms with Gasteiger partial charge in [0.15, 0.2) is 0 Å². The molecule has 2 aromatic rings. The predicted molar refractivity (Wildman–Crippen MR) is 146 cm³/mol. The number of hydrazine groups is 1. The van der Waals surface area contributed by atoms with Crippen molar-refractivity contribution in [2.75, 3.05) is 10.6 Å². The van der Waals surface area contributed by atoms with Crippen LogP contribution >= 0.6 is 0 Å². The molecule has 7 N–H and O–H groups in total. The predicted octanol–water partition coefficient (Wildman–Crippen LogP) is 3.70. The summed E-state index contributed by atoms with van der Waals surface area (Å²) in [4.78, 5) is 36.0. The molecular formula is C28H39N5O4. The number of amides is 3. The van der Waals surface area contributed by atoms with E-state index in [4.69, 9.17) is 11.0 Å². The first-order valence-corrected chi connectivity index (χ1v) is 12.5. The van der Waals surface area contributed by atoms with Gasteiger partial charge in [0.1, 0.15) is 0 Å². The fraction of sp³-hybridized carbons (Fsp3) is 0.393. The Bertz CT molecular complexity index is 1020. The van der Waals surface area contributed by atoms with Crippen molar-refractivity contribution in [2.45, 2.75) is 58.4 Å². The maximum atomic E-state index is 12.3. The Balaban J connectivity index is 1.71. The Morgan fingerprint density at radius 1 is 0.946 bits per heavy atom. The zero-order chi connectivity index (χ0) is 27.2. The van der Waals surface area contributed by atoms with Gasteiger partial charge in [-0.2, -0.15) is 0 Å². The van der Waals surface area contributed by atoms with Gasteiger partial charge in [-0.3, -0.25) is 30.9 Å². The van der Waals surface area contributed by atoms with E-state index in [1.165, 1.54) is 0 Å². The van der Waals surface area contributed by atoms with E-state index < -0.39 is 5.91 Å². The maximum Gasteiger partial charge on any atom is 0.246 e. The number of benzene rings is 2. The molecule has 2 aromatic carbocycles. The number of nitrogens with two attached hydrogens (primary N) is 1. The number of hydroxylamine groups is 1. The third-order valence-corrected chi connectivity index (χ3v) is 6.15. The van der Waals surface area contributed by atoms with Gasteiger partial charge in [0.2, 0.25) is 17.7 Å². The van der Waals surface area contributed by atoms with Crippen LogP contribution in [0.4, 0.5) is 11.4 Å². The fourth-order valence-corrected chi connectivity index (χ4v) is 4.05. The number of carbonyl (C=O) groups excluding carboxylic acids is 3. The molecule has 3 unspecified atom stereocenters. The molecule has 0 saturated carbocycles. The van der Waals surface area contributed by atoms with Crippen LogP contribution in [0.5, 0.6) is 0 Å². The number of aryl methyl sites for hydroxylation is 1. The minimum absolute atomic E-state index is 0.00256. The molecule has 9 nitrogen and oxygen atoms in total. The van der Waals surface area contributed by atoms with Crippen molar-refractivity contribution in [1.82, 2.24) is 10.9 Å². The Kier molecular flexibility index (Phi) is 12.5. The summed E-state index contributed by atoms with van der Waals surface area (Å²) < 4.78 is 0. The Labute approximate surface area is 218 Å². The number of carbonyl (C=O) groups is 3. The Hall–Kier alpha value is -3.53. The number of rotatable bonds is 15. The van der Waals surface area contributed by atoms with E-state index in [9.17, 15) is 14.4 Å². The van der Waals surface area contributed by atoms with Crippen molar-refractivity contribution in [2.24, 2.45) is 17.7 Å². The average Bonchev–Trinajstić information content (AvgIpc) is 2.88. The number of hydrogen-bond acceptors (Lipinski definition) is 6. The topological polar surface area (TPSA) is 146 Å². The van der Waals surface area contributed by atoms with Gasteiger partial charge in [0.25, 0.3) is 0 Å². The highest BCUT2D eigenvalue weighted by atomic mass is 16.5. The molecule has 2 rings (SSSR count). The number of hydrogen-bond donors (Lipinski definition) is 6. The summed E-state index contributed by atoms with van der Waals surface area (Å²) in [6, 6.07) is 15.2. The van der Waals surface area contributed by atoms with E-state index in [2.05, 4.69) is 22.6 Å². The van der Waals surface area contributed by atoms with Crippen LogP contribution in [0.15, 0.2) is 61.2 Å². The molecule has 0 fully saturated rings. The second-order valence-electron chi connectivity index (χ2n) is 9.48. The van der Waals surface area contributed by atoms with Crippen molar-refractivity contribution in [3.05, 3.63) is 72.3 Å². The molecule has 0 aliphatic heterocycles. The summed E-state index contributed by atoms with van der Waals surface area (Å²) >= 11 is 0. The van der Waals surface area contributed by atoms with Crippen molar-refractivity contribution in [3.63, 3.8) is 0 Å². The van der Waals surface area contributed by atoms with Gasteiger partial charge in [-0.15, -0.1) is 6.58 Å². The molecule has 0 radical (unpaired) electrons. The van der Waals surface area contributed by atoms with Gasteiger partial charge >= 0.3 is 0 Å². The summed E-state index contributed by atoms with van der Waals surface area (Å²) in [5, 5.41) is 14.5. The molecule has 0 spiro atoms. The molecule has 3 amide bonds. The van der Waals surface area contributed by atoms with Gasteiger partial charge in [0, 0.05) is 36.2 Å². The summed E-state index contributed by atoms with van der Waals surface area (Å²) in [5.74, 6) is 4.48. The van der Waals surface area contributed by atoms with E-state index in [1.54, 1.807) is 18.5 Å². The van der Waals surface area contributed by atoms with E-state index in [0.717, 1.165) is 29.7 Å². The van der Waals surface area contributed by atoms with Gasteiger partial charge in [-0.1, -0.05) is 44.2 Å². The largest absolute Gasteiger partial charge is 0.326 e. The quantitative estimate of drug-likeness (QED) is 0.0934. The third kappa shape index (κ3) is 10.9. The van der Waals surface area contributed by atoms with Gasteiger partial charge in [0.05, 0.1) is 0 Å². The monoisotopic (exact) mass is 509 g/mol.